The second kappa shape index (κ2) is 6.61. The number of carbonyl (C=O) groups is 1. The maximum Gasteiger partial charge on any atom is 0.337 e. The highest BCUT2D eigenvalue weighted by Crippen LogP contribution is 2.24. The molecule has 1 fully saturated rings. The van der Waals surface area contributed by atoms with E-state index >= 15 is 0 Å². The largest absolute Gasteiger partial charge is 0.478 e. The highest BCUT2D eigenvalue weighted by molar-refractivity contribution is 5.97. The van der Waals surface area contributed by atoms with Gasteiger partial charge in [-0.05, 0) is 57.5 Å². The monoisotopic (exact) mass is 277 g/mol. The first-order valence-electron chi connectivity index (χ1n) is 7.12. The van der Waals surface area contributed by atoms with Crippen LogP contribution in [-0.4, -0.2) is 42.7 Å². The van der Waals surface area contributed by atoms with E-state index in [2.05, 4.69) is 17.3 Å². The van der Waals surface area contributed by atoms with Gasteiger partial charge in [0.05, 0.1) is 16.9 Å². The number of nitrogens with zero attached hydrogens (tertiary/aromatic N) is 1. The summed E-state index contributed by atoms with van der Waals surface area (Å²) in [5.74, 6) is -0.232. The average molecular weight is 277 g/mol. The van der Waals surface area contributed by atoms with Gasteiger partial charge in [0.2, 0.25) is 0 Å². The minimum absolute atomic E-state index is 0.161. The predicted octanol–water partition coefficient (Wildman–Crippen LogP) is 2.11. The smallest absolute Gasteiger partial charge is 0.337 e. The fourth-order valence-corrected chi connectivity index (χ4v) is 2.67. The molecule has 0 unspecified atom stereocenters. The number of para-hydroxylation sites is 1. The molecule has 2 rings (SSSR count). The molecule has 110 valence electrons. The van der Waals surface area contributed by atoms with Crippen LogP contribution in [0.25, 0.3) is 0 Å². The van der Waals surface area contributed by atoms with Crippen LogP contribution in [0, 0.1) is 5.92 Å². The SMILES string of the molecule is CN1CCC(CCNc2cccc(C(=O)O)c2N)CC1. The van der Waals surface area contributed by atoms with Gasteiger partial charge in [-0.3, -0.25) is 0 Å². The third-order valence-corrected chi connectivity index (χ3v) is 4.04. The van der Waals surface area contributed by atoms with Crippen LogP contribution in [0.15, 0.2) is 18.2 Å². The molecule has 1 aliphatic rings. The maximum atomic E-state index is 11.0. The van der Waals surface area contributed by atoms with Crippen LogP contribution < -0.4 is 11.1 Å². The molecule has 5 heteroatoms. The van der Waals surface area contributed by atoms with Gasteiger partial charge >= 0.3 is 5.97 Å². The van der Waals surface area contributed by atoms with Crippen molar-refractivity contribution in [2.75, 3.05) is 37.7 Å². The molecule has 20 heavy (non-hydrogen) atoms. The summed E-state index contributed by atoms with van der Waals surface area (Å²) in [6.07, 6.45) is 3.58. The second-order valence-electron chi connectivity index (χ2n) is 5.53. The van der Waals surface area contributed by atoms with Crippen molar-refractivity contribution in [3.05, 3.63) is 23.8 Å². The summed E-state index contributed by atoms with van der Waals surface area (Å²) < 4.78 is 0. The Hall–Kier alpha value is -1.75. The van der Waals surface area contributed by atoms with E-state index in [0.717, 1.165) is 24.6 Å². The lowest BCUT2D eigenvalue weighted by Crippen LogP contribution is -2.30. The number of nitrogen functional groups attached to an aromatic ring is 1. The molecule has 0 saturated carbocycles. The van der Waals surface area contributed by atoms with E-state index in [9.17, 15) is 4.79 Å². The van der Waals surface area contributed by atoms with Crippen LogP contribution in [0.1, 0.15) is 29.6 Å². The first kappa shape index (κ1) is 14.7. The number of anilines is 2. The number of benzene rings is 1. The summed E-state index contributed by atoms with van der Waals surface area (Å²) in [4.78, 5) is 13.4. The Morgan fingerprint density at radius 2 is 2.15 bits per heavy atom. The molecular weight excluding hydrogens is 254 g/mol. The number of carboxylic acid groups (broad SMARTS) is 1. The topological polar surface area (TPSA) is 78.6 Å². The number of nitrogens with one attached hydrogen (secondary N) is 1. The van der Waals surface area contributed by atoms with Gasteiger partial charge < -0.3 is 21.1 Å². The van der Waals surface area contributed by atoms with Gasteiger partial charge in [0.25, 0.3) is 0 Å². The Balaban J connectivity index is 1.85. The number of piperidine rings is 1. The number of hydrogen-bond acceptors (Lipinski definition) is 4. The van der Waals surface area contributed by atoms with Crippen molar-refractivity contribution in [1.29, 1.82) is 0 Å². The Morgan fingerprint density at radius 1 is 1.45 bits per heavy atom. The summed E-state index contributed by atoms with van der Waals surface area (Å²) >= 11 is 0. The van der Waals surface area contributed by atoms with E-state index in [1.165, 1.54) is 32.0 Å². The first-order chi connectivity index (χ1) is 9.58. The molecule has 0 aromatic heterocycles. The highest BCUT2D eigenvalue weighted by atomic mass is 16.4. The zero-order valence-corrected chi connectivity index (χ0v) is 11.9. The molecule has 0 amide bonds. The van der Waals surface area contributed by atoms with E-state index in [-0.39, 0.29) is 5.56 Å². The summed E-state index contributed by atoms with van der Waals surface area (Å²) in [7, 11) is 2.16. The van der Waals surface area contributed by atoms with Gasteiger partial charge in [-0.1, -0.05) is 6.07 Å². The van der Waals surface area contributed by atoms with Gasteiger partial charge in [-0.2, -0.15) is 0 Å². The van der Waals surface area contributed by atoms with Gasteiger partial charge in [0, 0.05) is 6.54 Å². The van der Waals surface area contributed by atoms with E-state index in [4.69, 9.17) is 10.8 Å². The van der Waals surface area contributed by atoms with E-state index < -0.39 is 5.97 Å². The number of carboxylic acids is 1. The zero-order valence-electron chi connectivity index (χ0n) is 11.9. The Bertz CT molecular complexity index is 468. The summed E-state index contributed by atoms with van der Waals surface area (Å²) in [6, 6.07) is 5.08. The molecule has 0 aliphatic carbocycles. The zero-order chi connectivity index (χ0) is 14.5. The van der Waals surface area contributed by atoms with Crippen LogP contribution in [0.3, 0.4) is 0 Å². The minimum atomic E-state index is -0.985. The molecule has 0 atom stereocenters. The van der Waals surface area contributed by atoms with Crippen LogP contribution >= 0.6 is 0 Å². The number of aromatic carboxylic acids is 1. The Labute approximate surface area is 119 Å². The van der Waals surface area contributed by atoms with E-state index in [1.54, 1.807) is 6.07 Å². The van der Waals surface area contributed by atoms with Crippen molar-refractivity contribution in [1.82, 2.24) is 4.90 Å². The minimum Gasteiger partial charge on any atom is -0.478 e. The number of likely N-dealkylation sites (tertiary alicyclic amines) is 1. The van der Waals surface area contributed by atoms with Crippen molar-refractivity contribution in [3.8, 4) is 0 Å². The van der Waals surface area contributed by atoms with Crippen molar-refractivity contribution in [2.45, 2.75) is 19.3 Å². The molecule has 1 aromatic carbocycles. The number of nitrogens with two attached hydrogens (primary N) is 1. The third-order valence-electron chi connectivity index (χ3n) is 4.04. The highest BCUT2D eigenvalue weighted by Gasteiger charge is 2.16. The fraction of sp³-hybridized carbons (Fsp3) is 0.533. The summed E-state index contributed by atoms with van der Waals surface area (Å²) in [6.45, 7) is 3.17. The maximum absolute atomic E-state index is 11.0. The standard InChI is InChI=1S/C15H23N3O2/c1-18-9-6-11(7-10-18)5-8-17-13-4-2-3-12(14(13)16)15(19)20/h2-4,11,17H,5-10,16H2,1H3,(H,19,20). The number of rotatable bonds is 5. The molecule has 1 saturated heterocycles. The summed E-state index contributed by atoms with van der Waals surface area (Å²) in [5.41, 5.74) is 7.08. The Morgan fingerprint density at radius 3 is 2.80 bits per heavy atom. The molecule has 1 aliphatic heterocycles. The van der Waals surface area contributed by atoms with Gasteiger partial charge in [0.15, 0.2) is 0 Å². The lowest BCUT2D eigenvalue weighted by molar-refractivity contribution is 0.0698. The van der Waals surface area contributed by atoms with Crippen molar-refractivity contribution in [3.63, 3.8) is 0 Å². The normalized spacial score (nSPS) is 17.1. The number of hydrogen-bond donors (Lipinski definition) is 3. The van der Waals surface area contributed by atoms with Crippen LogP contribution in [0.4, 0.5) is 11.4 Å². The molecular formula is C15H23N3O2. The summed E-state index contributed by atoms with van der Waals surface area (Å²) in [5, 5.41) is 12.3. The molecule has 0 radical (unpaired) electrons. The molecule has 0 bridgehead atoms. The Kier molecular flexibility index (Phi) is 4.84. The first-order valence-corrected chi connectivity index (χ1v) is 7.12. The average Bonchev–Trinajstić information content (AvgIpc) is 2.42. The second-order valence-corrected chi connectivity index (χ2v) is 5.53. The van der Waals surface area contributed by atoms with Crippen LogP contribution in [0.2, 0.25) is 0 Å². The van der Waals surface area contributed by atoms with Gasteiger partial charge in [-0.25, -0.2) is 4.79 Å². The third kappa shape index (κ3) is 3.63. The van der Waals surface area contributed by atoms with Crippen LogP contribution in [0.5, 0.6) is 0 Å². The molecule has 0 spiro atoms. The molecule has 4 N–H and O–H groups in total. The molecule has 1 heterocycles. The van der Waals surface area contributed by atoms with E-state index in [0.29, 0.717) is 5.69 Å². The van der Waals surface area contributed by atoms with Crippen molar-refractivity contribution < 1.29 is 9.90 Å². The van der Waals surface area contributed by atoms with E-state index in [1.807, 2.05) is 6.07 Å². The molecule has 1 aromatic rings. The van der Waals surface area contributed by atoms with Crippen molar-refractivity contribution in [2.24, 2.45) is 5.92 Å². The lowest BCUT2D eigenvalue weighted by Gasteiger charge is -2.29. The fourth-order valence-electron chi connectivity index (χ4n) is 2.67. The van der Waals surface area contributed by atoms with Gasteiger partial charge in [-0.15, -0.1) is 0 Å². The lowest BCUT2D eigenvalue weighted by atomic mass is 9.94. The van der Waals surface area contributed by atoms with Crippen molar-refractivity contribution >= 4 is 17.3 Å². The predicted molar refractivity (Wildman–Crippen MR) is 81.1 cm³/mol. The molecule has 5 nitrogen and oxygen atoms in total. The quantitative estimate of drug-likeness (QED) is 0.718. The van der Waals surface area contributed by atoms with Gasteiger partial charge in [0.1, 0.15) is 0 Å². The van der Waals surface area contributed by atoms with Crippen LogP contribution in [-0.2, 0) is 0 Å².